The second kappa shape index (κ2) is 9.47. The normalized spacial score (nSPS) is 13.0. The summed E-state index contributed by atoms with van der Waals surface area (Å²) in [6.45, 7) is 4.40. The van der Waals surface area contributed by atoms with Crippen LogP contribution in [0.4, 0.5) is 5.69 Å². The molecule has 0 saturated heterocycles. The summed E-state index contributed by atoms with van der Waals surface area (Å²) in [4.78, 5) is 34.1. The van der Waals surface area contributed by atoms with Crippen LogP contribution in [0.1, 0.15) is 40.9 Å². The van der Waals surface area contributed by atoms with Gasteiger partial charge in [0.15, 0.2) is 0 Å². The van der Waals surface area contributed by atoms with Gasteiger partial charge >= 0.3 is 5.69 Å². The molecule has 0 saturated carbocycles. The summed E-state index contributed by atoms with van der Waals surface area (Å²) in [6.07, 6.45) is 5.58. The minimum Gasteiger partial charge on any atom is -0.325 e. The number of rotatable bonds is 6. The number of anilines is 1. The van der Waals surface area contributed by atoms with Crippen LogP contribution in [0.25, 0.3) is 0 Å². The van der Waals surface area contributed by atoms with Gasteiger partial charge in [-0.2, -0.15) is 4.98 Å². The highest BCUT2D eigenvalue weighted by Crippen LogP contribution is 2.29. The number of fused-ring (bicyclic) bond motifs is 1. The van der Waals surface area contributed by atoms with E-state index in [1.54, 1.807) is 10.8 Å². The first kappa shape index (κ1) is 21.3. The molecule has 7 heteroatoms. The molecule has 4 rings (SSSR count). The van der Waals surface area contributed by atoms with Crippen molar-refractivity contribution in [3.05, 3.63) is 81.2 Å². The molecule has 3 aromatic rings. The molecule has 2 aromatic heterocycles. The van der Waals surface area contributed by atoms with E-state index in [4.69, 9.17) is 0 Å². The van der Waals surface area contributed by atoms with Crippen LogP contribution in [0.3, 0.4) is 0 Å². The van der Waals surface area contributed by atoms with Gasteiger partial charge in [0.05, 0.1) is 18.0 Å². The van der Waals surface area contributed by atoms with Gasteiger partial charge in [0.1, 0.15) is 5.03 Å². The zero-order valence-electron chi connectivity index (χ0n) is 17.9. The fourth-order valence-electron chi connectivity index (χ4n) is 3.87. The van der Waals surface area contributed by atoms with Crippen LogP contribution in [0, 0.1) is 13.8 Å². The van der Waals surface area contributed by atoms with Crippen molar-refractivity contribution in [2.75, 3.05) is 11.1 Å². The monoisotopic (exact) mass is 434 g/mol. The molecular formula is C24H26N4O2S. The fraction of sp³-hybridized carbons (Fsp3) is 0.333. The van der Waals surface area contributed by atoms with Crippen LogP contribution in [-0.4, -0.2) is 26.2 Å². The van der Waals surface area contributed by atoms with Crippen molar-refractivity contribution in [1.29, 1.82) is 0 Å². The van der Waals surface area contributed by atoms with Crippen LogP contribution in [0.15, 0.2) is 52.4 Å². The van der Waals surface area contributed by atoms with Gasteiger partial charge in [0.2, 0.25) is 5.91 Å². The molecule has 0 aliphatic heterocycles. The van der Waals surface area contributed by atoms with Gasteiger partial charge in [-0.05, 0) is 68.9 Å². The van der Waals surface area contributed by atoms with E-state index in [2.05, 4.69) is 15.3 Å². The average Bonchev–Trinajstić information content (AvgIpc) is 2.78. The lowest BCUT2D eigenvalue weighted by molar-refractivity contribution is -0.113. The molecule has 0 radical (unpaired) electrons. The first-order chi connectivity index (χ1) is 15.0. The summed E-state index contributed by atoms with van der Waals surface area (Å²) in [5, 5.41) is 3.67. The second-order valence-corrected chi connectivity index (χ2v) is 8.86. The second-order valence-electron chi connectivity index (χ2n) is 7.89. The minimum atomic E-state index is -0.274. The lowest BCUT2D eigenvalue weighted by Gasteiger charge is -2.22. The summed E-state index contributed by atoms with van der Waals surface area (Å²) >= 11 is 1.35. The molecule has 2 heterocycles. The van der Waals surface area contributed by atoms with E-state index in [0.29, 0.717) is 11.6 Å². The lowest BCUT2D eigenvalue weighted by Crippen LogP contribution is -2.31. The SMILES string of the molecule is Cc1ccc(C)c(NC(=O)CSc2nc(=O)n(Cc3ccccn3)c3c2CCCC3)c1. The van der Waals surface area contributed by atoms with E-state index in [0.717, 1.165) is 59.4 Å². The Morgan fingerprint density at radius 3 is 2.81 bits per heavy atom. The largest absolute Gasteiger partial charge is 0.349 e. The predicted molar refractivity (Wildman–Crippen MR) is 124 cm³/mol. The standard InChI is InChI=1S/C24H26N4O2S/c1-16-10-11-17(2)20(13-16)26-22(29)15-31-23-19-8-3-4-9-21(19)28(24(30)27-23)14-18-7-5-6-12-25-18/h5-7,10-13H,3-4,8-9,14-15H2,1-2H3,(H,26,29). The third-order valence-corrected chi connectivity index (χ3v) is 6.52. The van der Waals surface area contributed by atoms with Crippen molar-refractivity contribution in [2.24, 2.45) is 0 Å². The zero-order valence-corrected chi connectivity index (χ0v) is 18.7. The maximum atomic E-state index is 12.8. The van der Waals surface area contributed by atoms with Crippen molar-refractivity contribution >= 4 is 23.4 Å². The van der Waals surface area contributed by atoms with Gasteiger partial charge in [-0.15, -0.1) is 0 Å². The third kappa shape index (κ3) is 5.05. The molecule has 0 bridgehead atoms. The highest BCUT2D eigenvalue weighted by atomic mass is 32.2. The number of hydrogen-bond acceptors (Lipinski definition) is 5. The summed E-state index contributed by atoms with van der Waals surface area (Å²) in [6, 6.07) is 11.7. The number of aryl methyl sites for hydroxylation is 2. The molecule has 1 aromatic carbocycles. The maximum absolute atomic E-state index is 12.8. The molecular weight excluding hydrogens is 408 g/mol. The number of thioether (sulfide) groups is 1. The molecule has 0 fully saturated rings. The zero-order chi connectivity index (χ0) is 21.8. The van der Waals surface area contributed by atoms with E-state index in [1.807, 2.05) is 50.2 Å². The Morgan fingerprint density at radius 1 is 1.16 bits per heavy atom. The van der Waals surface area contributed by atoms with E-state index >= 15 is 0 Å². The molecule has 1 N–H and O–H groups in total. The first-order valence-electron chi connectivity index (χ1n) is 10.5. The minimum absolute atomic E-state index is 0.0947. The van der Waals surface area contributed by atoms with Crippen LogP contribution in [0.2, 0.25) is 0 Å². The Bertz CT molecular complexity index is 1160. The van der Waals surface area contributed by atoms with Gasteiger partial charge in [-0.25, -0.2) is 4.79 Å². The molecule has 31 heavy (non-hydrogen) atoms. The number of nitrogens with one attached hydrogen (secondary N) is 1. The van der Waals surface area contributed by atoms with Crippen LogP contribution < -0.4 is 11.0 Å². The lowest BCUT2D eigenvalue weighted by atomic mass is 9.97. The first-order valence-corrected chi connectivity index (χ1v) is 11.5. The van der Waals surface area contributed by atoms with Crippen molar-refractivity contribution in [3.63, 3.8) is 0 Å². The quantitative estimate of drug-likeness (QED) is 0.470. The number of amides is 1. The highest BCUT2D eigenvalue weighted by Gasteiger charge is 2.21. The number of aromatic nitrogens is 3. The Hall–Kier alpha value is -2.93. The van der Waals surface area contributed by atoms with E-state index < -0.39 is 0 Å². The number of carbonyl (C=O) groups is 1. The Kier molecular flexibility index (Phi) is 6.51. The summed E-state index contributed by atoms with van der Waals surface area (Å²) in [7, 11) is 0. The smallest absolute Gasteiger partial charge is 0.325 e. The molecule has 1 aliphatic carbocycles. The van der Waals surface area contributed by atoms with Gasteiger partial charge in [0.25, 0.3) is 0 Å². The molecule has 6 nitrogen and oxygen atoms in total. The predicted octanol–water partition coefficient (Wildman–Crippen LogP) is 3.91. The van der Waals surface area contributed by atoms with Crippen molar-refractivity contribution in [2.45, 2.75) is 51.1 Å². The van der Waals surface area contributed by atoms with E-state index in [1.165, 1.54) is 11.8 Å². The summed E-state index contributed by atoms with van der Waals surface area (Å²) < 4.78 is 1.75. The molecule has 0 atom stereocenters. The van der Waals surface area contributed by atoms with Crippen LogP contribution >= 0.6 is 11.8 Å². The molecule has 160 valence electrons. The molecule has 0 spiro atoms. The van der Waals surface area contributed by atoms with E-state index in [-0.39, 0.29) is 17.3 Å². The van der Waals surface area contributed by atoms with Crippen molar-refractivity contribution in [1.82, 2.24) is 14.5 Å². The Balaban J connectivity index is 1.53. The number of nitrogens with zero attached hydrogens (tertiary/aromatic N) is 3. The number of hydrogen-bond donors (Lipinski definition) is 1. The topological polar surface area (TPSA) is 76.9 Å². The summed E-state index contributed by atoms with van der Waals surface area (Å²) in [5.41, 5.74) is 5.65. The maximum Gasteiger partial charge on any atom is 0.349 e. The molecule has 1 amide bonds. The van der Waals surface area contributed by atoms with E-state index in [9.17, 15) is 9.59 Å². The van der Waals surface area contributed by atoms with Gasteiger partial charge < -0.3 is 5.32 Å². The van der Waals surface area contributed by atoms with Gasteiger partial charge in [-0.3, -0.25) is 14.3 Å². The average molecular weight is 435 g/mol. The Morgan fingerprint density at radius 2 is 2.00 bits per heavy atom. The molecule has 1 aliphatic rings. The number of pyridine rings is 1. The summed E-state index contributed by atoms with van der Waals surface area (Å²) in [5.74, 6) is 0.124. The fourth-order valence-corrected chi connectivity index (χ4v) is 4.75. The highest BCUT2D eigenvalue weighted by molar-refractivity contribution is 8.00. The van der Waals surface area contributed by atoms with Crippen molar-refractivity contribution in [3.8, 4) is 0 Å². The Labute approximate surface area is 186 Å². The number of benzene rings is 1. The van der Waals surface area contributed by atoms with Gasteiger partial charge in [-0.1, -0.05) is 30.0 Å². The van der Waals surface area contributed by atoms with Crippen molar-refractivity contribution < 1.29 is 4.79 Å². The van der Waals surface area contributed by atoms with Crippen LogP contribution in [-0.2, 0) is 24.2 Å². The number of carbonyl (C=O) groups excluding carboxylic acids is 1. The third-order valence-electron chi connectivity index (χ3n) is 5.50. The van der Waals surface area contributed by atoms with Crippen LogP contribution in [0.5, 0.6) is 0 Å². The molecule has 0 unspecified atom stereocenters. The van der Waals surface area contributed by atoms with Gasteiger partial charge in [0, 0.05) is 23.1 Å².